The molecule has 1 aromatic heterocycles. The second kappa shape index (κ2) is 5.04. The van der Waals surface area contributed by atoms with Crippen molar-refractivity contribution in [3.8, 4) is 16.9 Å². The van der Waals surface area contributed by atoms with Crippen LogP contribution in [0, 0.1) is 6.92 Å². The molecule has 5 N–H and O–H groups in total. The Morgan fingerprint density at radius 3 is 2.64 bits per heavy atom. The minimum absolute atomic E-state index is 0.0384. The molecule has 0 aliphatic rings. The van der Waals surface area contributed by atoms with Gasteiger partial charge in [-0.3, -0.25) is 4.79 Å². The number of phenolic OH excluding ortho intramolecular Hbond substituents is 1. The third kappa shape index (κ3) is 2.13. The zero-order valence-electron chi connectivity index (χ0n) is 12.0. The van der Waals surface area contributed by atoms with Crippen LogP contribution in [0.5, 0.6) is 5.75 Å². The molecule has 0 saturated heterocycles. The molecule has 0 aliphatic carbocycles. The van der Waals surface area contributed by atoms with Crippen LogP contribution in [0.3, 0.4) is 0 Å². The molecule has 110 valence electrons. The lowest BCUT2D eigenvalue weighted by Gasteiger charge is -2.15. The van der Waals surface area contributed by atoms with E-state index in [1.807, 2.05) is 25.1 Å². The second-order valence-corrected chi connectivity index (χ2v) is 5.13. The Hall–Kier alpha value is -3.08. The highest BCUT2D eigenvalue weighted by Gasteiger charge is 2.18. The number of aromatic nitrogens is 1. The number of benzene rings is 2. The number of carbonyl (C=O) groups is 1. The van der Waals surface area contributed by atoms with Crippen molar-refractivity contribution >= 4 is 22.5 Å². The molecular weight excluding hydrogens is 278 g/mol. The van der Waals surface area contributed by atoms with Gasteiger partial charge in [-0.25, -0.2) is 4.98 Å². The monoisotopic (exact) mass is 293 g/mol. The van der Waals surface area contributed by atoms with Gasteiger partial charge in [0.25, 0.3) is 5.91 Å². The molecule has 0 fully saturated rings. The van der Waals surface area contributed by atoms with Crippen LogP contribution < -0.4 is 11.5 Å². The Balaban J connectivity index is 2.48. The number of hydrogen-bond donors (Lipinski definition) is 3. The van der Waals surface area contributed by atoms with E-state index in [9.17, 15) is 9.90 Å². The Bertz CT molecular complexity index is 904. The Labute approximate surface area is 127 Å². The van der Waals surface area contributed by atoms with Crippen LogP contribution in [-0.4, -0.2) is 16.0 Å². The summed E-state index contributed by atoms with van der Waals surface area (Å²) in [6, 6.07) is 12.4. The van der Waals surface area contributed by atoms with E-state index in [1.54, 1.807) is 24.3 Å². The number of nitrogens with two attached hydrogens (primary N) is 2. The fourth-order valence-corrected chi connectivity index (χ4v) is 2.58. The normalized spacial score (nSPS) is 10.8. The Kier molecular flexibility index (Phi) is 3.18. The van der Waals surface area contributed by atoms with Gasteiger partial charge in [-0.05, 0) is 36.2 Å². The zero-order valence-corrected chi connectivity index (χ0v) is 12.0. The van der Waals surface area contributed by atoms with Gasteiger partial charge in [-0.1, -0.05) is 24.3 Å². The molecule has 1 heterocycles. The number of pyridine rings is 1. The maximum atomic E-state index is 11.6. The van der Waals surface area contributed by atoms with Crippen molar-refractivity contribution in [2.75, 3.05) is 5.73 Å². The van der Waals surface area contributed by atoms with Crippen molar-refractivity contribution in [1.29, 1.82) is 0 Å². The van der Waals surface area contributed by atoms with Crippen LogP contribution in [-0.2, 0) is 0 Å². The van der Waals surface area contributed by atoms with Crippen molar-refractivity contribution in [1.82, 2.24) is 4.98 Å². The summed E-state index contributed by atoms with van der Waals surface area (Å²) in [6.45, 7) is 1.91. The summed E-state index contributed by atoms with van der Waals surface area (Å²) in [7, 11) is 0. The van der Waals surface area contributed by atoms with Gasteiger partial charge in [-0.2, -0.15) is 0 Å². The molecule has 0 aliphatic heterocycles. The van der Waals surface area contributed by atoms with Gasteiger partial charge in [0.05, 0.1) is 11.2 Å². The van der Waals surface area contributed by atoms with E-state index in [4.69, 9.17) is 11.5 Å². The summed E-state index contributed by atoms with van der Waals surface area (Å²) in [4.78, 5) is 15.9. The number of rotatable bonds is 2. The summed E-state index contributed by atoms with van der Waals surface area (Å²) in [5, 5.41) is 10.6. The lowest BCUT2D eigenvalue weighted by Crippen LogP contribution is -2.16. The molecule has 0 atom stereocenters. The number of primary amides is 1. The van der Waals surface area contributed by atoms with Crippen LogP contribution in [0.2, 0.25) is 0 Å². The van der Waals surface area contributed by atoms with Crippen LogP contribution in [0.15, 0.2) is 42.5 Å². The molecule has 0 spiro atoms. The maximum absolute atomic E-state index is 11.6. The molecule has 5 nitrogen and oxygen atoms in total. The number of amides is 1. The summed E-state index contributed by atoms with van der Waals surface area (Å²) >= 11 is 0. The van der Waals surface area contributed by atoms with Crippen molar-refractivity contribution in [2.45, 2.75) is 6.92 Å². The molecule has 5 heteroatoms. The smallest absolute Gasteiger partial charge is 0.269 e. The summed E-state index contributed by atoms with van der Waals surface area (Å²) in [5.41, 5.74) is 14.8. The van der Waals surface area contributed by atoms with Crippen molar-refractivity contribution in [3.63, 3.8) is 0 Å². The SMILES string of the molecule is Cc1ccc(O)cc1-c1c(N)c(C(N)=O)nc2ccccc12. The molecule has 1 amide bonds. The average Bonchev–Trinajstić information content (AvgIpc) is 2.49. The molecular formula is C17H15N3O2. The average molecular weight is 293 g/mol. The number of aromatic hydroxyl groups is 1. The van der Waals surface area contributed by atoms with E-state index in [1.165, 1.54) is 0 Å². The number of para-hydroxylation sites is 1. The Morgan fingerprint density at radius 2 is 1.91 bits per heavy atom. The first kappa shape index (κ1) is 13.9. The number of nitrogen functional groups attached to an aromatic ring is 1. The number of phenols is 1. The molecule has 3 rings (SSSR count). The van der Waals surface area contributed by atoms with Crippen molar-refractivity contribution in [2.24, 2.45) is 5.73 Å². The highest BCUT2D eigenvalue weighted by molar-refractivity contribution is 6.08. The van der Waals surface area contributed by atoms with Crippen LogP contribution in [0.4, 0.5) is 5.69 Å². The molecule has 0 unspecified atom stereocenters. The van der Waals surface area contributed by atoms with Crippen LogP contribution in [0.25, 0.3) is 22.0 Å². The third-order valence-electron chi connectivity index (χ3n) is 3.65. The van der Waals surface area contributed by atoms with Crippen LogP contribution >= 0.6 is 0 Å². The van der Waals surface area contributed by atoms with Crippen molar-refractivity contribution in [3.05, 3.63) is 53.7 Å². The van der Waals surface area contributed by atoms with Gasteiger partial charge in [0.15, 0.2) is 5.69 Å². The summed E-state index contributed by atoms with van der Waals surface area (Å²) in [6.07, 6.45) is 0. The highest BCUT2D eigenvalue weighted by Crippen LogP contribution is 2.37. The van der Waals surface area contributed by atoms with Gasteiger partial charge in [0.1, 0.15) is 5.75 Å². The third-order valence-corrected chi connectivity index (χ3v) is 3.65. The first-order chi connectivity index (χ1) is 10.5. The minimum Gasteiger partial charge on any atom is -0.508 e. The van der Waals surface area contributed by atoms with Crippen LogP contribution in [0.1, 0.15) is 16.1 Å². The molecule has 0 bridgehead atoms. The minimum atomic E-state index is -0.678. The van der Waals surface area contributed by atoms with E-state index in [-0.39, 0.29) is 17.1 Å². The van der Waals surface area contributed by atoms with Gasteiger partial charge in [-0.15, -0.1) is 0 Å². The molecule has 3 aromatic rings. The van der Waals surface area contributed by atoms with Gasteiger partial charge in [0.2, 0.25) is 0 Å². The maximum Gasteiger partial charge on any atom is 0.269 e. The van der Waals surface area contributed by atoms with E-state index in [0.29, 0.717) is 11.1 Å². The molecule has 0 radical (unpaired) electrons. The van der Waals surface area contributed by atoms with Gasteiger partial charge >= 0.3 is 0 Å². The Morgan fingerprint density at radius 1 is 1.18 bits per heavy atom. The van der Waals surface area contributed by atoms with Gasteiger partial charge in [0, 0.05) is 10.9 Å². The highest BCUT2D eigenvalue weighted by atomic mass is 16.3. The molecule has 0 saturated carbocycles. The first-order valence-corrected chi connectivity index (χ1v) is 6.77. The predicted octanol–water partition coefficient (Wildman–Crippen LogP) is 2.60. The fraction of sp³-hybridized carbons (Fsp3) is 0.0588. The van der Waals surface area contributed by atoms with E-state index in [2.05, 4.69) is 4.98 Å². The molecule has 22 heavy (non-hydrogen) atoms. The topological polar surface area (TPSA) is 102 Å². The molecule has 2 aromatic carbocycles. The number of hydrogen-bond acceptors (Lipinski definition) is 4. The number of anilines is 1. The summed E-state index contributed by atoms with van der Waals surface area (Å²) < 4.78 is 0. The lowest BCUT2D eigenvalue weighted by molar-refractivity contribution is 0.0997. The largest absolute Gasteiger partial charge is 0.508 e. The zero-order chi connectivity index (χ0) is 15.9. The number of aryl methyl sites for hydroxylation is 1. The predicted molar refractivity (Wildman–Crippen MR) is 86.5 cm³/mol. The summed E-state index contributed by atoms with van der Waals surface area (Å²) in [5.74, 6) is -0.552. The lowest BCUT2D eigenvalue weighted by atomic mass is 9.94. The van der Waals surface area contributed by atoms with E-state index in [0.717, 1.165) is 16.5 Å². The standard InChI is InChI=1S/C17H15N3O2/c1-9-6-7-10(21)8-12(9)14-11-4-2-3-5-13(11)20-16(15(14)18)17(19)22/h2-8,21H,18H2,1H3,(H2,19,22). The fourth-order valence-electron chi connectivity index (χ4n) is 2.58. The second-order valence-electron chi connectivity index (χ2n) is 5.13. The quantitative estimate of drug-likeness (QED) is 0.675. The van der Waals surface area contributed by atoms with Crippen molar-refractivity contribution < 1.29 is 9.90 Å². The number of carbonyl (C=O) groups excluding carboxylic acids is 1. The van der Waals surface area contributed by atoms with E-state index >= 15 is 0 Å². The first-order valence-electron chi connectivity index (χ1n) is 6.77. The number of nitrogens with zero attached hydrogens (tertiary/aromatic N) is 1. The van der Waals surface area contributed by atoms with E-state index < -0.39 is 5.91 Å². The number of fused-ring (bicyclic) bond motifs is 1. The van der Waals surface area contributed by atoms with Gasteiger partial charge < -0.3 is 16.6 Å².